The fourth-order valence-corrected chi connectivity index (χ4v) is 4.15. The van der Waals surface area contributed by atoms with E-state index in [1.807, 2.05) is 6.07 Å². The predicted molar refractivity (Wildman–Crippen MR) is 103 cm³/mol. The van der Waals surface area contributed by atoms with Crippen LogP contribution in [0.1, 0.15) is 16.7 Å². The molecule has 25 heavy (non-hydrogen) atoms. The Bertz CT molecular complexity index is 786. The fraction of sp³-hybridized carbons (Fsp3) is 0.400. The zero-order valence-electron chi connectivity index (χ0n) is 14.8. The van der Waals surface area contributed by atoms with E-state index in [0.717, 1.165) is 48.7 Å². The van der Waals surface area contributed by atoms with Crippen LogP contribution in [-0.4, -0.2) is 33.0 Å². The molecule has 0 radical (unpaired) electrons. The third-order valence-electron chi connectivity index (χ3n) is 5.37. The minimum Gasteiger partial charge on any atom is -0.454 e. The number of aryl methyl sites for hydroxylation is 1. The summed E-state index contributed by atoms with van der Waals surface area (Å²) in [6.45, 7) is 10.3. The third kappa shape index (κ3) is 3.35. The van der Waals surface area contributed by atoms with Crippen molar-refractivity contribution in [2.45, 2.75) is 20.4 Å². The normalized spacial score (nSPS) is 17.2. The Balaban J connectivity index is 1.42. The van der Waals surface area contributed by atoms with E-state index in [-0.39, 0.29) is 0 Å². The van der Waals surface area contributed by atoms with Gasteiger partial charge < -0.3 is 19.3 Å². The second-order valence-electron chi connectivity index (χ2n) is 6.93. The highest BCUT2D eigenvalue weighted by atomic mass is 79.9. The molecule has 4 nitrogen and oxygen atoms in total. The number of hydrogen-bond acceptors (Lipinski definition) is 3. The van der Waals surface area contributed by atoms with Crippen LogP contribution in [0.15, 0.2) is 34.8 Å². The summed E-state index contributed by atoms with van der Waals surface area (Å²) in [6, 6.07) is 10.8. The monoisotopic (exact) mass is 403 g/mol. The van der Waals surface area contributed by atoms with Gasteiger partial charge in [0.05, 0.1) is 26.2 Å². The highest BCUT2D eigenvalue weighted by Gasteiger charge is 2.24. The van der Waals surface area contributed by atoms with E-state index < -0.39 is 0 Å². The molecule has 0 saturated carbocycles. The molecule has 1 fully saturated rings. The molecule has 0 bridgehead atoms. The van der Waals surface area contributed by atoms with Crippen LogP contribution in [0.2, 0.25) is 0 Å². The molecule has 5 heteroatoms. The van der Waals surface area contributed by atoms with Crippen LogP contribution in [0, 0.1) is 13.8 Å². The first-order chi connectivity index (χ1) is 12.1. The molecule has 2 aliphatic heterocycles. The number of halogens is 1. The van der Waals surface area contributed by atoms with Gasteiger partial charge >= 0.3 is 0 Å². The van der Waals surface area contributed by atoms with Gasteiger partial charge in [-0.25, -0.2) is 0 Å². The van der Waals surface area contributed by atoms with Crippen molar-refractivity contribution in [3.8, 4) is 11.5 Å². The van der Waals surface area contributed by atoms with Gasteiger partial charge in [0.1, 0.15) is 6.54 Å². The van der Waals surface area contributed by atoms with Crippen molar-refractivity contribution in [2.75, 3.05) is 37.9 Å². The van der Waals surface area contributed by atoms with E-state index in [1.165, 1.54) is 22.4 Å². The second-order valence-corrected chi connectivity index (χ2v) is 7.78. The first-order valence-electron chi connectivity index (χ1n) is 8.84. The summed E-state index contributed by atoms with van der Waals surface area (Å²) in [5.41, 5.74) is 5.46. The maximum atomic E-state index is 5.52. The lowest BCUT2D eigenvalue weighted by atomic mass is 10.1. The summed E-state index contributed by atoms with van der Waals surface area (Å²) in [5.74, 6) is 1.71. The average Bonchev–Trinajstić information content (AvgIpc) is 3.05. The van der Waals surface area contributed by atoms with Crippen LogP contribution < -0.4 is 19.3 Å². The van der Waals surface area contributed by atoms with Crippen LogP contribution in [0.25, 0.3) is 0 Å². The summed E-state index contributed by atoms with van der Waals surface area (Å²) < 4.78 is 12.1. The minimum absolute atomic E-state index is 0.326. The standard InChI is InChI=1S/C20H23BrN2O2/c1-14-4-3-5-18(15(14)2)23-8-6-22(7-9-23)12-16-10-19-20(11-17(16)21)25-13-24-19/h3-5,10-11H,6-9,12-13H2,1-2H3/p+1. The lowest BCUT2D eigenvalue weighted by Crippen LogP contribution is -3.13. The van der Waals surface area contributed by atoms with Crippen molar-refractivity contribution in [3.05, 3.63) is 51.5 Å². The molecule has 2 aliphatic rings. The Hall–Kier alpha value is -1.72. The van der Waals surface area contributed by atoms with E-state index in [1.54, 1.807) is 4.90 Å². The Labute approximate surface area is 157 Å². The first-order valence-corrected chi connectivity index (χ1v) is 9.64. The zero-order chi connectivity index (χ0) is 17.4. The van der Waals surface area contributed by atoms with Gasteiger partial charge in [-0.15, -0.1) is 0 Å². The summed E-state index contributed by atoms with van der Waals surface area (Å²) in [7, 11) is 0. The molecule has 2 aromatic rings. The lowest BCUT2D eigenvalue weighted by molar-refractivity contribution is -0.914. The van der Waals surface area contributed by atoms with E-state index in [9.17, 15) is 0 Å². The molecule has 4 rings (SSSR count). The molecule has 0 amide bonds. The third-order valence-corrected chi connectivity index (χ3v) is 6.11. The average molecular weight is 404 g/mol. The number of benzene rings is 2. The number of quaternary nitrogens is 1. The number of nitrogens with one attached hydrogen (secondary N) is 1. The smallest absolute Gasteiger partial charge is 0.231 e. The molecule has 0 atom stereocenters. The lowest BCUT2D eigenvalue weighted by Gasteiger charge is -2.35. The van der Waals surface area contributed by atoms with E-state index >= 15 is 0 Å². The quantitative estimate of drug-likeness (QED) is 0.852. The van der Waals surface area contributed by atoms with Gasteiger partial charge in [0.2, 0.25) is 6.79 Å². The summed E-state index contributed by atoms with van der Waals surface area (Å²) in [6.07, 6.45) is 0. The van der Waals surface area contributed by atoms with Gasteiger partial charge in [-0.1, -0.05) is 28.1 Å². The highest BCUT2D eigenvalue weighted by Crippen LogP contribution is 2.36. The van der Waals surface area contributed by atoms with Crippen molar-refractivity contribution < 1.29 is 14.4 Å². The SMILES string of the molecule is Cc1cccc(N2CC[NH+](Cc3cc4c(cc3Br)OCO4)CC2)c1C. The molecule has 0 unspecified atom stereocenters. The van der Waals surface area contributed by atoms with Crippen LogP contribution in [0.3, 0.4) is 0 Å². The molecular formula is C20H24BrN2O2+. The van der Waals surface area contributed by atoms with Crippen LogP contribution in [-0.2, 0) is 6.54 Å². The van der Waals surface area contributed by atoms with Crippen LogP contribution in [0.5, 0.6) is 11.5 Å². The molecule has 1 saturated heterocycles. The fourth-order valence-electron chi connectivity index (χ4n) is 3.68. The number of fused-ring (bicyclic) bond motifs is 1. The Morgan fingerprint density at radius 1 is 1.08 bits per heavy atom. The zero-order valence-corrected chi connectivity index (χ0v) is 16.4. The number of rotatable bonds is 3. The maximum Gasteiger partial charge on any atom is 0.231 e. The Kier molecular flexibility index (Phi) is 4.61. The van der Waals surface area contributed by atoms with Gasteiger partial charge in [-0.3, -0.25) is 0 Å². The van der Waals surface area contributed by atoms with Gasteiger partial charge in [0, 0.05) is 15.7 Å². The topological polar surface area (TPSA) is 26.1 Å². The van der Waals surface area contributed by atoms with Crippen molar-refractivity contribution in [1.29, 1.82) is 0 Å². The molecule has 1 N–H and O–H groups in total. The minimum atomic E-state index is 0.326. The number of hydrogen-bond donors (Lipinski definition) is 1. The first kappa shape index (κ1) is 16.7. The van der Waals surface area contributed by atoms with Crippen LogP contribution in [0.4, 0.5) is 5.69 Å². The van der Waals surface area contributed by atoms with E-state index in [2.05, 4.69) is 58.9 Å². The predicted octanol–water partition coefficient (Wildman–Crippen LogP) is 2.70. The second kappa shape index (κ2) is 6.89. The molecule has 132 valence electrons. The molecule has 0 aromatic heterocycles. The van der Waals surface area contributed by atoms with Gasteiger partial charge in [0.25, 0.3) is 0 Å². The number of anilines is 1. The summed E-state index contributed by atoms with van der Waals surface area (Å²) in [5, 5.41) is 0. The van der Waals surface area contributed by atoms with Gasteiger partial charge in [0.15, 0.2) is 11.5 Å². The van der Waals surface area contributed by atoms with E-state index in [0.29, 0.717) is 6.79 Å². The molecule has 2 aromatic carbocycles. The number of piperazine rings is 1. The highest BCUT2D eigenvalue weighted by molar-refractivity contribution is 9.10. The molecule has 0 spiro atoms. The largest absolute Gasteiger partial charge is 0.454 e. The molecule has 2 heterocycles. The van der Waals surface area contributed by atoms with Crippen molar-refractivity contribution in [1.82, 2.24) is 0 Å². The van der Waals surface area contributed by atoms with Crippen molar-refractivity contribution in [2.24, 2.45) is 0 Å². The van der Waals surface area contributed by atoms with Gasteiger partial charge in [-0.2, -0.15) is 0 Å². The molecule has 0 aliphatic carbocycles. The van der Waals surface area contributed by atoms with Gasteiger partial charge in [-0.05, 0) is 43.2 Å². The molecular weight excluding hydrogens is 380 g/mol. The maximum absolute atomic E-state index is 5.52. The van der Waals surface area contributed by atoms with Crippen molar-refractivity contribution >= 4 is 21.6 Å². The number of ether oxygens (including phenoxy) is 2. The Morgan fingerprint density at radius 3 is 2.56 bits per heavy atom. The van der Waals surface area contributed by atoms with E-state index in [4.69, 9.17) is 9.47 Å². The van der Waals surface area contributed by atoms with Crippen LogP contribution >= 0.6 is 15.9 Å². The summed E-state index contributed by atoms with van der Waals surface area (Å²) in [4.78, 5) is 4.14. The number of nitrogens with zero attached hydrogens (tertiary/aromatic N) is 1. The van der Waals surface area contributed by atoms with Crippen molar-refractivity contribution in [3.63, 3.8) is 0 Å². The summed E-state index contributed by atoms with van der Waals surface area (Å²) >= 11 is 3.68. The Morgan fingerprint density at radius 2 is 1.80 bits per heavy atom.